The smallest absolute Gasteiger partial charge is 0.322 e. The van der Waals surface area contributed by atoms with Gasteiger partial charge >= 0.3 is 6.03 Å². The van der Waals surface area contributed by atoms with Crippen molar-refractivity contribution in [2.24, 2.45) is 0 Å². The van der Waals surface area contributed by atoms with E-state index in [0.29, 0.717) is 39.9 Å². The van der Waals surface area contributed by atoms with Crippen molar-refractivity contribution in [3.63, 3.8) is 0 Å². The van der Waals surface area contributed by atoms with Gasteiger partial charge in [-0.05, 0) is 29.8 Å². The number of pyridine rings is 1. The van der Waals surface area contributed by atoms with Crippen LogP contribution in [0.25, 0.3) is 11.1 Å². The van der Waals surface area contributed by atoms with Gasteiger partial charge in [-0.1, -0.05) is 6.07 Å². The third-order valence-corrected chi connectivity index (χ3v) is 6.88. The summed E-state index contributed by atoms with van der Waals surface area (Å²) in [4.78, 5) is 35.8. The number of methoxy groups -OCH3 is 1. The van der Waals surface area contributed by atoms with Crippen molar-refractivity contribution in [2.45, 2.75) is 18.3 Å². The lowest BCUT2D eigenvalue weighted by atomic mass is 9.95. The minimum Gasteiger partial charge on any atom is -0.497 e. The van der Waals surface area contributed by atoms with Crippen molar-refractivity contribution in [3.8, 4) is 5.75 Å². The molecule has 3 aromatic heterocycles. The number of fused-ring (bicyclic) bond motifs is 2. The Morgan fingerprint density at radius 3 is 2.94 bits per heavy atom. The molecule has 4 aromatic rings. The zero-order valence-corrected chi connectivity index (χ0v) is 19.3. The van der Waals surface area contributed by atoms with Crippen LogP contribution in [0.1, 0.15) is 23.1 Å². The number of anilines is 2. The summed E-state index contributed by atoms with van der Waals surface area (Å²) in [7, 11) is 1.56. The van der Waals surface area contributed by atoms with Crippen LogP contribution in [-0.4, -0.2) is 45.6 Å². The van der Waals surface area contributed by atoms with Crippen LogP contribution in [-0.2, 0) is 16.9 Å². The summed E-state index contributed by atoms with van der Waals surface area (Å²) in [6.07, 6.45) is 0.701. The molecule has 0 aliphatic carbocycles. The number of furan rings is 1. The second-order valence-electron chi connectivity index (χ2n) is 8.31. The van der Waals surface area contributed by atoms with Gasteiger partial charge in [0.2, 0.25) is 0 Å². The topological polar surface area (TPSA) is 142 Å². The summed E-state index contributed by atoms with van der Waals surface area (Å²) in [5.74, 6) is 0.837. The minimum atomic E-state index is -1.55. The number of carbonyl (C=O) groups is 2. The molecule has 1 aromatic carbocycles. The molecule has 5 heterocycles. The van der Waals surface area contributed by atoms with Gasteiger partial charge in [-0.25, -0.2) is 14.8 Å². The molecule has 2 aliphatic heterocycles. The van der Waals surface area contributed by atoms with Crippen molar-refractivity contribution < 1.29 is 23.8 Å². The number of aliphatic hydroxyl groups excluding tert-OH is 1. The Hall–Kier alpha value is -4.00. The molecule has 3 amide bonds. The van der Waals surface area contributed by atoms with Crippen LogP contribution in [0.15, 0.2) is 52.4 Å². The Balaban J connectivity index is 1.34. The van der Waals surface area contributed by atoms with Gasteiger partial charge in [-0.2, -0.15) is 0 Å². The van der Waals surface area contributed by atoms with Gasteiger partial charge in [0.05, 0.1) is 7.11 Å². The lowest BCUT2D eigenvalue weighted by Crippen LogP contribution is -2.52. The second-order valence-corrected chi connectivity index (χ2v) is 9.20. The van der Waals surface area contributed by atoms with Crippen molar-refractivity contribution in [3.05, 3.63) is 64.9 Å². The normalized spacial score (nSPS) is 21.7. The summed E-state index contributed by atoms with van der Waals surface area (Å²) in [5.41, 5.74) is 1.00. The van der Waals surface area contributed by atoms with E-state index in [1.165, 1.54) is 11.3 Å². The SMILES string of the molecule is COc1ccc2c(c1)C(O)N(C[C@@]1(c3cc4nc(Nc5nccs5)ccc4o3)NC(=O)NC1=O)C2. The van der Waals surface area contributed by atoms with Crippen molar-refractivity contribution in [1.29, 1.82) is 0 Å². The number of nitrogens with zero attached hydrogens (tertiary/aromatic N) is 3. The molecule has 1 fully saturated rings. The van der Waals surface area contributed by atoms with Crippen molar-refractivity contribution in [1.82, 2.24) is 25.5 Å². The predicted molar refractivity (Wildman–Crippen MR) is 126 cm³/mol. The number of benzene rings is 1. The van der Waals surface area contributed by atoms with Gasteiger partial charge in [0.1, 0.15) is 29.1 Å². The number of hydrogen-bond acceptors (Lipinski definition) is 10. The molecule has 0 bridgehead atoms. The van der Waals surface area contributed by atoms with Gasteiger partial charge in [0, 0.05) is 36.3 Å². The molecular weight excluding hydrogens is 472 g/mol. The zero-order chi connectivity index (χ0) is 24.2. The van der Waals surface area contributed by atoms with Gasteiger partial charge in [0.25, 0.3) is 5.91 Å². The van der Waals surface area contributed by atoms with E-state index in [4.69, 9.17) is 9.15 Å². The highest BCUT2D eigenvalue weighted by Crippen LogP contribution is 2.39. The van der Waals surface area contributed by atoms with Crippen LogP contribution in [0, 0.1) is 0 Å². The zero-order valence-electron chi connectivity index (χ0n) is 18.4. The molecule has 35 heavy (non-hydrogen) atoms. The van der Waals surface area contributed by atoms with Crippen molar-refractivity contribution >= 4 is 45.3 Å². The van der Waals surface area contributed by atoms with Crippen LogP contribution < -0.4 is 20.7 Å². The first-order valence-electron chi connectivity index (χ1n) is 10.8. The molecule has 2 aliphatic rings. The molecule has 2 atom stereocenters. The number of hydrogen-bond donors (Lipinski definition) is 4. The molecule has 12 heteroatoms. The van der Waals surface area contributed by atoms with E-state index in [9.17, 15) is 14.7 Å². The van der Waals surface area contributed by atoms with Gasteiger partial charge in [0.15, 0.2) is 16.3 Å². The highest BCUT2D eigenvalue weighted by atomic mass is 32.1. The van der Waals surface area contributed by atoms with E-state index in [1.807, 2.05) is 17.5 Å². The van der Waals surface area contributed by atoms with E-state index in [0.717, 1.165) is 5.56 Å². The van der Waals surface area contributed by atoms with E-state index in [2.05, 4.69) is 25.9 Å². The van der Waals surface area contributed by atoms with Crippen LogP contribution in [0.5, 0.6) is 5.75 Å². The monoisotopic (exact) mass is 492 g/mol. The number of aromatic nitrogens is 2. The lowest BCUT2D eigenvalue weighted by Gasteiger charge is -2.30. The molecular formula is C23H20N6O5S. The quantitative estimate of drug-likeness (QED) is 0.299. The highest BCUT2D eigenvalue weighted by Gasteiger charge is 2.53. The largest absolute Gasteiger partial charge is 0.497 e. The molecule has 0 saturated carbocycles. The number of amides is 3. The van der Waals surface area contributed by atoms with Gasteiger partial charge in [-0.15, -0.1) is 11.3 Å². The first kappa shape index (κ1) is 21.5. The molecule has 11 nitrogen and oxygen atoms in total. The van der Waals surface area contributed by atoms with Crippen LogP contribution in [0.3, 0.4) is 0 Å². The molecule has 178 valence electrons. The average molecular weight is 493 g/mol. The fourth-order valence-electron chi connectivity index (χ4n) is 4.49. The number of urea groups is 1. The first-order valence-corrected chi connectivity index (χ1v) is 11.6. The number of thiazole rings is 1. The fraction of sp³-hybridized carbons (Fsp3) is 0.217. The van der Waals surface area contributed by atoms with Gasteiger partial charge < -0.3 is 24.9 Å². The Morgan fingerprint density at radius 2 is 2.20 bits per heavy atom. The maximum Gasteiger partial charge on any atom is 0.322 e. The number of aliphatic hydroxyl groups is 1. The molecule has 6 rings (SSSR count). The molecule has 0 spiro atoms. The van der Waals surface area contributed by atoms with Crippen LogP contribution >= 0.6 is 11.3 Å². The maximum atomic E-state index is 13.1. The fourth-order valence-corrected chi connectivity index (χ4v) is 5.02. The summed E-state index contributed by atoms with van der Waals surface area (Å²) < 4.78 is 11.3. The van der Waals surface area contributed by atoms with E-state index in [1.54, 1.807) is 42.5 Å². The summed E-state index contributed by atoms with van der Waals surface area (Å²) in [6.45, 7) is 0.360. The summed E-state index contributed by atoms with van der Waals surface area (Å²) in [6, 6.07) is 9.93. The lowest BCUT2D eigenvalue weighted by molar-refractivity contribution is -0.127. The Morgan fingerprint density at radius 1 is 1.31 bits per heavy atom. The second kappa shape index (κ2) is 8.05. The molecule has 1 unspecified atom stereocenters. The van der Waals surface area contributed by atoms with Crippen LogP contribution in [0.2, 0.25) is 0 Å². The molecule has 0 radical (unpaired) electrons. The number of ether oxygens (including phenoxy) is 1. The van der Waals surface area contributed by atoms with Crippen molar-refractivity contribution in [2.75, 3.05) is 19.0 Å². The Kier molecular flexibility index (Phi) is 4.95. The minimum absolute atomic E-state index is 0.0211. The third-order valence-electron chi connectivity index (χ3n) is 6.19. The predicted octanol–water partition coefficient (Wildman–Crippen LogP) is 2.58. The number of imide groups is 1. The molecule has 1 saturated heterocycles. The van der Waals surface area contributed by atoms with Gasteiger partial charge in [-0.3, -0.25) is 15.0 Å². The number of rotatable bonds is 6. The Bertz CT molecular complexity index is 1450. The highest BCUT2D eigenvalue weighted by molar-refractivity contribution is 7.13. The average Bonchev–Trinajstić information content (AvgIpc) is 3.62. The first-order chi connectivity index (χ1) is 16.9. The van der Waals surface area contributed by atoms with E-state index in [-0.39, 0.29) is 12.3 Å². The van der Waals surface area contributed by atoms with E-state index < -0.39 is 23.7 Å². The van der Waals surface area contributed by atoms with E-state index >= 15 is 0 Å². The third kappa shape index (κ3) is 3.58. The summed E-state index contributed by atoms with van der Waals surface area (Å²) >= 11 is 1.44. The number of carbonyl (C=O) groups excluding carboxylic acids is 2. The summed E-state index contributed by atoms with van der Waals surface area (Å²) in [5, 5.41) is 21.7. The Labute approximate surface area is 202 Å². The standard InChI is InChI=1S/C23H20N6O5S/c1-33-13-3-2-12-10-29(19(30)14(12)8-13)11-23(20(31)27-21(32)28-23)17-9-15-16(34-17)4-5-18(25-15)26-22-24-6-7-35-22/h2-9,19,30H,10-11H2,1H3,(H,24,25,26)(H2,27,28,31,32)/t19?,23-/m0/s1. The maximum absolute atomic E-state index is 13.1. The number of nitrogens with one attached hydrogen (secondary N) is 3. The van der Waals surface area contributed by atoms with Crippen LogP contribution in [0.4, 0.5) is 15.7 Å². The molecule has 4 N–H and O–H groups in total.